The number of aliphatic hydroxyl groups excluding tert-OH is 2. The van der Waals surface area contributed by atoms with Crippen LogP contribution in [-0.2, 0) is 20.9 Å². The van der Waals surface area contributed by atoms with Gasteiger partial charge in [0.2, 0.25) is 5.91 Å². The van der Waals surface area contributed by atoms with Gasteiger partial charge >= 0.3 is 18.0 Å². The molecule has 33 heavy (non-hydrogen) atoms. The number of nitrogens with two attached hydrogens (primary N) is 2. The maximum absolute atomic E-state index is 12.5. The minimum absolute atomic E-state index is 0.0278. The topological polar surface area (TPSA) is 229 Å². The molecule has 5 amide bonds. The van der Waals surface area contributed by atoms with Crippen molar-refractivity contribution >= 4 is 29.7 Å². The van der Waals surface area contributed by atoms with Crippen molar-refractivity contribution in [1.29, 1.82) is 0 Å². The van der Waals surface area contributed by atoms with Gasteiger partial charge in [-0.2, -0.15) is 0 Å². The number of carboxylic acid groups (broad SMARTS) is 1. The zero-order valence-corrected chi connectivity index (χ0v) is 17.7. The standard InChI is InChI=1S/C19H28N6O8/c20-18(32)25(7-6-16(29)30)23-17(31)13(10-26)8-15(28)14(11-27)22-19(33)24(21)9-12-4-2-1-3-5-12/h1-5,13-14,26-27H,6-11,21H2,(H2,20,32)(H,22,33)(H,23,31)(H,29,30)/t13-,14-/m0/s1. The summed E-state index contributed by atoms with van der Waals surface area (Å²) in [6, 6.07) is 5.34. The molecule has 0 aromatic heterocycles. The lowest BCUT2D eigenvalue weighted by Crippen LogP contribution is -2.54. The van der Waals surface area contributed by atoms with Crippen molar-refractivity contribution in [2.75, 3.05) is 19.8 Å². The molecule has 0 heterocycles. The van der Waals surface area contributed by atoms with E-state index >= 15 is 0 Å². The predicted molar refractivity (Wildman–Crippen MR) is 112 cm³/mol. The number of nitrogens with one attached hydrogen (secondary N) is 2. The summed E-state index contributed by atoms with van der Waals surface area (Å²) in [5.41, 5.74) is 7.84. The number of hydrogen-bond acceptors (Lipinski definition) is 8. The average Bonchev–Trinajstić information content (AvgIpc) is 2.78. The number of amides is 5. The summed E-state index contributed by atoms with van der Waals surface area (Å²) in [4.78, 5) is 59.1. The van der Waals surface area contributed by atoms with Crippen LogP contribution in [0.3, 0.4) is 0 Å². The Labute approximate surface area is 189 Å². The molecule has 0 aliphatic carbocycles. The summed E-state index contributed by atoms with van der Waals surface area (Å²) in [5, 5.41) is 31.2. The summed E-state index contributed by atoms with van der Waals surface area (Å²) >= 11 is 0. The zero-order chi connectivity index (χ0) is 25.0. The Balaban J connectivity index is 2.70. The van der Waals surface area contributed by atoms with Gasteiger partial charge in [0.1, 0.15) is 6.04 Å². The van der Waals surface area contributed by atoms with Crippen LogP contribution in [-0.4, -0.2) is 80.9 Å². The number of ketones is 1. The number of urea groups is 2. The van der Waals surface area contributed by atoms with Crippen LogP contribution in [0.1, 0.15) is 18.4 Å². The Morgan fingerprint density at radius 1 is 1.03 bits per heavy atom. The van der Waals surface area contributed by atoms with Gasteiger partial charge in [-0.05, 0) is 5.56 Å². The molecule has 0 aliphatic rings. The van der Waals surface area contributed by atoms with Gasteiger partial charge in [-0.3, -0.25) is 24.8 Å². The molecule has 14 nitrogen and oxygen atoms in total. The number of nitrogens with zero attached hydrogens (tertiary/aromatic N) is 2. The molecule has 1 rings (SSSR count). The Bertz CT molecular complexity index is 837. The monoisotopic (exact) mass is 468 g/mol. The van der Waals surface area contributed by atoms with Crippen LogP contribution in [0.15, 0.2) is 30.3 Å². The number of Topliss-reactive ketones (excluding diaryl/α,β-unsaturated/α-hetero) is 1. The number of primary amides is 1. The van der Waals surface area contributed by atoms with Gasteiger partial charge < -0.3 is 26.4 Å². The van der Waals surface area contributed by atoms with E-state index in [4.69, 9.17) is 16.7 Å². The van der Waals surface area contributed by atoms with Crippen LogP contribution < -0.4 is 22.3 Å². The SMILES string of the molecule is NC(=O)N(CCC(=O)O)NC(=O)[C@H](CO)CC(=O)[C@H](CO)NC(=O)N(N)Cc1ccccc1. The molecule has 1 aromatic rings. The normalized spacial score (nSPS) is 12.2. The predicted octanol–water partition coefficient (Wildman–Crippen LogP) is -2.11. The molecule has 1 aromatic carbocycles. The molecule has 0 unspecified atom stereocenters. The molecule has 9 N–H and O–H groups in total. The smallest absolute Gasteiger partial charge is 0.333 e. The summed E-state index contributed by atoms with van der Waals surface area (Å²) < 4.78 is 0. The van der Waals surface area contributed by atoms with E-state index < -0.39 is 74.3 Å². The second-order valence-corrected chi connectivity index (χ2v) is 6.96. The molecule has 0 fully saturated rings. The van der Waals surface area contributed by atoms with E-state index in [-0.39, 0.29) is 6.54 Å². The van der Waals surface area contributed by atoms with Crippen molar-refractivity contribution in [2.24, 2.45) is 17.5 Å². The first kappa shape index (κ1) is 27.3. The molecule has 0 saturated heterocycles. The number of rotatable bonds is 12. The summed E-state index contributed by atoms with van der Waals surface area (Å²) in [6.45, 7) is -2.02. The minimum Gasteiger partial charge on any atom is -0.481 e. The van der Waals surface area contributed by atoms with E-state index in [0.717, 1.165) is 10.6 Å². The van der Waals surface area contributed by atoms with Crippen molar-refractivity contribution in [3.63, 3.8) is 0 Å². The third kappa shape index (κ3) is 9.51. The lowest BCUT2D eigenvalue weighted by Gasteiger charge is -2.24. The maximum atomic E-state index is 12.5. The largest absolute Gasteiger partial charge is 0.481 e. The number of hydrogen-bond donors (Lipinski definition) is 7. The van der Waals surface area contributed by atoms with Gasteiger partial charge in [-0.25, -0.2) is 20.4 Å². The third-order valence-electron chi connectivity index (χ3n) is 4.42. The van der Waals surface area contributed by atoms with E-state index in [9.17, 15) is 34.2 Å². The van der Waals surface area contributed by atoms with Crippen molar-refractivity contribution in [3.8, 4) is 0 Å². The van der Waals surface area contributed by atoms with Crippen molar-refractivity contribution in [2.45, 2.75) is 25.4 Å². The highest BCUT2D eigenvalue weighted by molar-refractivity contribution is 5.92. The summed E-state index contributed by atoms with van der Waals surface area (Å²) in [5.74, 6) is 1.31. The lowest BCUT2D eigenvalue weighted by atomic mass is 9.99. The number of hydrazine groups is 2. The fourth-order valence-electron chi connectivity index (χ4n) is 2.59. The van der Waals surface area contributed by atoms with Crippen LogP contribution in [0.4, 0.5) is 9.59 Å². The van der Waals surface area contributed by atoms with Crippen LogP contribution in [0.5, 0.6) is 0 Å². The Hall–Kier alpha value is -3.75. The van der Waals surface area contributed by atoms with Crippen molar-refractivity contribution < 1.29 is 39.3 Å². The fraction of sp³-hybridized carbons (Fsp3) is 0.421. The third-order valence-corrected chi connectivity index (χ3v) is 4.42. The van der Waals surface area contributed by atoms with E-state index in [2.05, 4.69) is 5.32 Å². The quantitative estimate of drug-likeness (QED) is 0.101. The van der Waals surface area contributed by atoms with E-state index in [1.807, 2.05) is 5.43 Å². The molecule has 0 saturated carbocycles. The van der Waals surface area contributed by atoms with Crippen LogP contribution in [0.25, 0.3) is 0 Å². The molecule has 0 bridgehead atoms. The molecular formula is C19H28N6O8. The van der Waals surface area contributed by atoms with E-state index in [1.54, 1.807) is 30.3 Å². The van der Waals surface area contributed by atoms with Crippen LogP contribution in [0, 0.1) is 5.92 Å². The molecule has 0 aliphatic heterocycles. The Morgan fingerprint density at radius 3 is 2.18 bits per heavy atom. The zero-order valence-electron chi connectivity index (χ0n) is 17.7. The van der Waals surface area contributed by atoms with Gasteiger partial charge in [-0.1, -0.05) is 30.3 Å². The van der Waals surface area contributed by atoms with Crippen LogP contribution >= 0.6 is 0 Å². The number of aliphatic hydroxyl groups is 2. The van der Waals surface area contributed by atoms with E-state index in [1.165, 1.54) is 0 Å². The van der Waals surface area contributed by atoms with Crippen LogP contribution in [0.2, 0.25) is 0 Å². The molecule has 0 radical (unpaired) electrons. The Morgan fingerprint density at radius 2 is 1.67 bits per heavy atom. The van der Waals surface area contributed by atoms with Gasteiger partial charge in [-0.15, -0.1) is 0 Å². The maximum Gasteiger partial charge on any atom is 0.333 e. The van der Waals surface area contributed by atoms with Crippen molar-refractivity contribution in [3.05, 3.63) is 35.9 Å². The van der Waals surface area contributed by atoms with Gasteiger partial charge in [0, 0.05) is 6.42 Å². The minimum atomic E-state index is -1.42. The highest BCUT2D eigenvalue weighted by atomic mass is 16.4. The highest BCUT2D eigenvalue weighted by Crippen LogP contribution is 2.08. The highest BCUT2D eigenvalue weighted by Gasteiger charge is 2.29. The van der Waals surface area contributed by atoms with E-state index in [0.29, 0.717) is 5.01 Å². The first-order chi connectivity index (χ1) is 15.6. The molecule has 2 atom stereocenters. The average molecular weight is 468 g/mol. The number of carboxylic acids is 1. The second-order valence-electron chi connectivity index (χ2n) is 6.96. The number of carbonyl (C=O) groups is 5. The first-order valence-corrected chi connectivity index (χ1v) is 9.79. The number of carbonyl (C=O) groups excluding carboxylic acids is 4. The second kappa shape index (κ2) is 13.6. The van der Waals surface area contributed by atoms with Crippen molar-refractivity contribution in [1.82, 2.24) is 20.8 Å². The fourth-order valence-corrected chi connectivity index (χ4v) is 2.59. The van der Waals surface area contributed by atoms with Gasteiger partial charge in [0.05, 0.1) is 38.6 Å². The van der Waals surface area contributed by atoms with Gasteiger partial charge in [0.15, 0.2) is 5.78 Å². The molecular weight excluding hydrogens is 440 g/mol. The number of aliphatic carboxylic acids is 1. The van der Waals surface area contributed by atoms with Gasteiger partial charge in [0.25, 0.3) is 0 Å². The summed E-state index contributed by atoms with van der Waals surface area (Å²) in [6.07, 6.45) is -1.12. The molecule has 0 spiro atoms. The Kier molecular flexibility index (Phi) is 11.3. The number of benzene rings is 1. The molecule has 182 valence electrons. The lowest BCUT2D eigenvalue weighted by molar-refractivity contribution is -0.138. The first-order valence-electron chi connectivity index (χ1n) is 9.79. The molecule has 14 heteroatoms. The summed E-state index contributed by atoms with van der Waals surface area (Å²) in [7, 11) is 0.